The summed E-state index contributed by atoms with van der Waals surface area (Å²) in [5, 5.41) is 32.0. The maximum atomic E-state index is 12.7. The van der Waals surface area contributed by atoms with Crippen molar-refractivity contribution in [3.63, 3.8) is 0 Å². The van der Waals surface area contributed by atoms with Gasteiger partial charge >= 0.3 is 17.9 Å². The van der Waals surface area contributed by atoms with Gasteiger partial charge in [-0.2, -0.15) is 0 Å². The van der Waals surface area contributed by atoms with Gasteiger partial charge in [0.15, 0.2) is 6.29 Å². The van der Waals surface area contributed by atoms with Crippen molar-refractivity contribution < 1.29 is 43.9 Å². The Labute approximate surface area is 214 Å². The fourth-order valence-corrected chi connectivity index (χ4v) is 4.78. The number of carbonyl (C=O) groups is 3. The molecular formula is C26H45NO9. The zero-order chi connectivity index (χ0) is 26.5. The van der Waals surface area contributed by atoms with Crippen molar-refractivity contribution >= 4 is 17.9 Å². The van der Waals surface area contributed by atoms with Crippen LogP contribution in [0.2, 0.25) is 0 Å². The molecule has 0 heterocycles. The Bertz CT molecular complexity index is 678. The smallest absolute Gasteiger partial charge is 0.309 e. The molecule has 0 bridgehead atoms. The number of ether oxygens (including phenoxy) is 3. The molecule has 0 aromatic heterocycles. The number of aliphatic hydroxyl groups excluding tert-OH is 2. The Hall–Kier alpha value is -1.75. The first kappa shape index (κ1) is 30.5. The summed E-state index contributed by atoms with van der Waals surface area (Å²) in [6, 6.07) is 0.182. The third-order valence-corrected chi connectivity index (χ3v) is 7.42. The van der Waals surface area contributed by atoms with E-state index >= 15 is 0 Å². The molecule has 2 fully saturated rings. The molecule has 0 aromatic rings. The second-order valence-corrected chi connectivity index (χ2v) is 10.2. The van der Waals surface area contributed by atoms with Gasteiger partial charge in [0.2, 0.25) is 0 Å². The van der Waals surface area contributed by atoms with Crippen molar-refractivity contribution in [2.75, 3.05) is 26.4 Å². The predicted molar refractivity (Wildman–Crippen MR) is 130 cm³/mol. The van der Waals surface area contributed by atoms with Gasteiger partial charge in [0, 0.05) is 24.9 Å². The zero-order valence-corrected chi connectivity index (χ0v) is 21.7. The van der Waals surface area contributed by atoms with Crippen LogP contribution >= 0.6 is 0 Å². The van der Waals surface area contributed by atoms with Crippen LogP contribution in [0.1, 0.15) is 78.1 Å². The van der Waals surface area contributed by atoms with E-state index in [1.807, 2.05) is 6.92 Å². The third kappa shape index (κ3) is 10.3. The summed E-state index contributed by atoms with van der Waals surface area (Å²) in [5.74, 6) is -2.60. The summed E-state index contributed by atoms with van der Waals surface area (Å²) in [6.45, 7) is 4.13. The summed E-state index contributed by atoms with van der Waals surface area (Å²) in [5.41, 5.74) is 0. The highest BCUT2D eigenvalue weighted by Gasteiger charge is 2.38. The number of esters is 3. The summed E-state index contributed by atoms with van der Waals surface area (Å²) in [4.78, 5) is 37.0. The Morgan fingerprint density at radius 1 is 0.861 bits per heavy atom. The van der Waals surface area contributed by atoms with Crippen LogP contribution < -0.4 is 5.32 Å². The van der Waals surface area contributed by atoms with Gasteiger partial charge in [-0.15, -0.1) is 0 Å². The monoisotopic (exact) mass is 515 g/mol. The minimum Gasteiger partial charge on any atom is -0.465 e. The topological polar surface area (TPSA) is 152 Å². The van der Waals surface area contributed by atoms with Gasteiger partial charge < -0.3 is 34.8 Å². The molecule has 0 aromatic carbocycles. The first-order valence-corrected chi connectivity index (χ1v) is 13.5. The van der Waals surface area contributed by atoms with Gasteiger partial charge in [0.05, 0.1) is 31.0 Å². The van der Waals surface area contributed by atoms with Crippen molar-refractivity contribution in [1.29, 1.82) is 0 Å². The molecule has 0 aliphatic heterocycles. The van der Waals surface area contributed by atoms with Crippen molar-refractivity contribution in [3.05, 3.63) is 0 Å². The minimum atomic E-state index is -1.28. The largest absolute Gasteiger partial charge is 0.465 e. The molecule has 0 amide bonds. The molecule has 0 saturated heterocycles. The normalized spacial score (nSPS) is 26.2. The lowest BCUT2D eigenvalue weighted by Crippen LogP contribution is -2.41. The third-order valence-electron chi connectivity index (χ3n) is 7.42. The fraction of sp³-hybridized carbons (Fsp3) is 0.885. The van der Waals surface area contributed by atoms with Crippen LogP contribution in [-0.4, -0.2) is 78.0 Å². The zero-order valence-electron chi connectivity index (χ0n) is 21.7. The lowest BCUT2D eigenvalue weighted by Gasteiger charge is -2.31. The van der Waals surface area contributed by atoms with Crippen LogP contribution in [0, 0.1) is 23.7 Å². The molecule has 4 N–H and O–H groups in total. The quantitative estimate of drug-likeness (QED) is 0.116. The molecule has 0 spiro atoms. The van der Waals surface area contributed by atoms with E-state index in [9.17, 15) is 29.7 Å². The maximum absolute atomic E-state index is 12.7. The molecule has 2 aliphatic carbocycles. The second-order valence-electron chi connectivity index (χ2n) is 10.2. The molecular weight excluding hydrogens is 470 g/mol. The fourth-order valence-electron chi connectivity index (χ4n) is 4.78. The number of aliphatic hydroxyl groups is 3. The average Bonchev–Trinajstić information content (AvgIpc) is 2.89. The highest BCUT2D eigenvalue weighted by molar-refractivity contribution is 5.82. The standard InChI is InChI=1S/C26H45NO9/c1-3-17(2)24(31)34-13-6-14-35-25(32)21-7-4-5-8-22(21)26(33)36-16-20(28)15-27-19-11-9-18(10-12-19)23(29)30/h17-23,27-30H,3-16H2,1-2H3. The molecule has 2 rings (SSSR count). The van der Waals surface area contributed by atoms with Crippen molar-refractivity contribution in [2.45, 2.75) is 96.5 Å². The number of hydrogen-bond acceptors (Lipinski definition) is 10. The van der Waals surface area contributed by atoms with E-state index in [1.54, 1.807) is 6.92 Å². The van der Waals surface area contributed by atoms with Gasteiger partial charge in [0.25, 0.3) is 0 Å². The Morgan fingerprint density at radius 3 is 2.03 bits per heavy atom. The van der Waals surface area contributed by atoms with Crippen molar-refractivity contribution in [3.8, 4) is 0 Å². The van der Waals surface area contributed by atoms with Crippen LogP contribution in [0.5, 0.6) is 0 Å². The summed E-state index contributed by atoms with van der Waals surface area (Å²) < 4.78 is 15.9. The van der Waals surface area contributed by atoms with Crippen LogP contribution in [-0.2, 0) is 28.6 Å². The van der Waals surface area contributed by atoms with E-state index in [2.05, 4.69) is 5.32 Å². The van der Waals surface area contributed by atoms with E-state index in [4.69, 9.17) is 14.2 Å². The average molecular weight is 516 g/mol. The van der Waals surface area contributed by atoms with E-state index in [-0.39, 0.29) is 50.2 Å². The molecule has 10 nitrogen and oxygen atoms in total. The number of hydrogen-bond donors (Lipinski definition) is 4. The lowest BCUT2D eigenvalue weighted by molar-refractivity contribution is -0.164. The molecule has 2 aliphatic rings. The predicted octanol–water partition coefficient (Wildman–Crippen LogP) is 1.68. The van der Waals surface area contributed by atoms with Crippen molar-refractivity contribution in [2.24, 2.45) is 23.7 Å². The summed E-state index contributed by atoms with van der Waals surface area (Å²) in [7, 11) is 0. The molecule has 4 unspecified atom stereocenters. The first-order chi connectivity index (χ1) is 17.2. The number of nitrogens with one attached hydrogen (secondary N) is 1. The van der Waals surface area contributed by atoms with E-state index in [0.29, 0.717) is 38.5 Å². The lowest BCUT2D eigenvalue weighted by atomic mass is 9.79. The van der Waals surface area contributed by atoms with Gasteiger partial charge in [0.1, 0.15) is 12.7 Å². The molecule has 208 valence electrons. The molecule has 4 atom stereocenters. The Balaban J connectivity index is 1.67. The summed E-state index contributed by atoms with van der Waals surface area (Å²) >= 11 is 0. The van der Waals surface area contributed by atoms with Crippen LogP contribution in [0.3, 0.4) is 0 Å². The van der Waals surface area contributed by atoms with Crippen LogP contribution in [0.15, 0.2) is 0 Å². The maximum Gasteiger partial charge on any atom is 0.309 e. The number of rotatable bonds is 14. The van der Waals surface area contributed by atoms with Crippen LogP contribution in [0.4, 0.5) is 0 Å². The molecule has 0 radical (unpaired) electrons. The SMILES string of the molecule is CCC(C)C(=O)OCCCOC(=O)C1CCCCC1C(=O)OCC(O)CNC1CCC(C(O)O)CC1. The van der Waals surface area contributed by atoms with Gasteiger partial charge in [-0.05, 0) is 44.9 Å². The number of carbonyl (C=O) groups excluding carboxylic acids is 3. The van der Waals surface area contributed by atoms with Crippen LogP contribution in [0.25, 0.3) is 0 Å². The van der Waals surface area contributed by atoms with Gasteiger partial charge in [-0.3, -0.25) is 14.4 Å². The second kappa shape index (κ2) is 16.2. The Kier molecular flexibility index (Phi) is 13.7. The first-order valence-electron chi connectivity index (χ1n) is 13.5. The van der Waals surface area contributed by atoms with Gasteiger partial charge in [-0.1, -0.05) is 26.7 Å². The highest BCUT2D eigenvalue weighted by Crippen LogP contribution is 2.32. The van der Waals surface area contributed by atoms with E-state index < -0.39 is 36.2 Å². The molecule has 10 heteroatoms. The minimum absolute atomic E-state index is 0.101. The van der Waals surface area contributed by atoms with E-state index in [0.717, 1.165) is 25.7 Å². The summed E-state index contributed by atoms with van der Waals surface area (Å²) in [6.07, 6.45) is 4.71. The molecule has 2 saturated carbocycles. The Morgan fingerprint density at radius 2 is 1.44 bits per heavy atom. The van der Waals surface area contributed by atoms with Crippen molar-refractivity contribution in [1.82, 2.24) is 5.32 Å². The highest BCUT2D eigenvalue weighted by atomic mass is 16.6. The van der Waals surface area contributed by atoms with Gasteiger partial charge in [-0.25, -0.2) is 0 Å². The molecule has 36 heavy (non-hydrogen) atoms. The van der Waals surface area contributed by atoms with E-state index in [1.165, 1.54) is 0 Å².